The Morgan fingerprint density at radius 2 is 1.93 bits per heavy atom. The highest BCUT2D eigenvalue weighted by atomic mass is 16.6. The molecule has 0 radical (unpaired) electrons. The van der Waals surface area contributed by atoms with E-state index >= 15 is 0 Å². The van der Waals surface area contributed by atoms with Crippen LogP contribution in [0.2, 0.25) is 0 Å². The van der Waals surface area contributed by atoms with E-state index in [4.69, 9.17) is 14.9 Å². The minimum Gasteiger partial charge on any atom is -0.464 e. The molecule has 3 rings (SSSR count). The number of carbonyl (C=O) groups is 2. The van der Waals surface area contributed by atoms with E-state index in [1.54, 1.807) is 6.92 Å². The standard InChI is InChI=1S/C14H17N5O8/c1-2-14(9(22)8(21)6(3-20)27-14)18-5-17-7-10(18)15-4-16-11(7)19(12(23)24)13(25)26/h4-6,8-9,20-22H,2-3H2,1H3,(H,23,24)(H,25,26)/t6-,8-,9-,14-/m1/s1. The minimum atomic E-state index is -1.78. The number of fused-ring (bicyclic) bond motifs is 1. The number of anilines is 1. The summed E-state index contributed by atoms with van der Waals surface area (Å²) < 4.78 is 6.95. The summed E-state index contributed by atoms with van der Waals surface area (Å²) in [6, 6.07) is 0. The summed E-state index contributed by atoms with van der Waals surface area (Å²) in [5, 5.41) is 48.3. The Labute approximate surface area is 151 Å². The number of aliphatic hydroxyl groups is 3. The Kier molecular flexibility index (Phi) is 4.69. The van der Waals surface area contributed by atoms with Crippen LogP contribution in [0.5, 0.6) is 0 Å². The smallest absolute Gasteiger partial charge is 0.422 e. The van der Waals surface area contributed by atoms with Crippen LogP contribution < -0.4 is 4.90 Å². The van der Waals surface area contributed by atoms with Crippen molar-refractivity contribution in [2.45, 2.75) is 37.4 Å². The molecule has 13 heteroatoms. The van der Waals surface area contributed by atoms with Gasteiger partial charge in [-0.3, -0.25) is 4.57 Å². The largest absolute Gasteiger partial charge is 0.464 e. The van der Waals surface area contributed by atoms with Crippen molar-refractivity contribution in [1.29, 1.82) is 0 Å². The van der Waals surface area contributed by atoms with Gasteiger partial charge < -0.3 is 30.3 Å². The summed E-state index contributed by atoms with van der Waals surface area (Å²) in [5.41, 5.74) is -1.73. The summed E-state index contributed by atoms with van der Waals surface area (Å²) >= 11 is 0. The highest BCUT2D eigenvalue weighted by molar-refractivity contribution is 6.10. The van der Waals surface area contributed by atoms with Gasteiger partial charge in [-0.25, -0.2) is 24.5 Å². The predicted molar refractivity (Wildman–Crippen MR) is 86.1 cm³/mol. The van der Waals surface area contributed by atoms with Crippen molar-refractivity contribution in [2.75, 3.05) is 11.5 Å². The Morgan fingerprint density at radius 1 is 1.26 bits per heavy atom. The van der Waals surface area contributed by atoms with Crippen molar-refractivity contribution in [2.24, 2.45) is 0 Å². The number of aliphatic hydroxyl groups excluding tert-OH is 3. The van der Waals surface area contributed by atoms with Crippen LogP contribution in [0.4, 0.5) is 15.4 Å². The molecule has 4 atom stereocenters. The molecule has 13 nitrogen and oxygen atoms in total. The van der Waals surface area contributed by atoms with Crippen LogP contribution in [0.3, 0.4) is 0 Å². The zero-order valence-electron chi connectivity index (χ0n) is 14.0. The fourth-order valence-electron chi connectivity index (χ4n) is 3.21. The molecule has 1 aliphatic rings. The number of hydrogen-bond acceptors (Lipinski definition) is 9. The van der Waals surface area contributed by atoms with E-state index in [-0.39, 0.29) is 22.5 Å². The van der Waals surface area contributed by atoms with Crippen LogP contribution in [-0.2, 0) is 10.5 Å². The van der Waals surface area contributed by atoms with Crippen LogP contribution in [0.15, 0.2) is 12.7 Å². The van der Waals surface area contributed by atoms with Crippen molar-refractivity contribution < 1.29 is 39.9 Å². The first-order valence-corrected chi connectivity index (χ1v) is 7.87. The Hall–Kier alpha value is -2.87. The molecular weight excluding hydrogens is 366 g/mol. The number of amides is 2. The number of nitrogens with zero attached hydrogens (tertiary/aromatic N) is 5. The molecule has 1 saturated heterocycles. The molecule has 1 fully saturated rings. The van der Waals surface area contributed by atoms with E-state index in [2.05, 4.69) is 15.0 Å². The van der Waals surface area contributed by atoms with Gasteiger partial charge in [-0.15, -0.1) is 0 Å². The minimum absolute atomic E-state index is 0.0146. The molecule has 0 spiro atoms. The molecule has 2 aromatic heterocycles. The van der Waals surface area contributed by atoms with Crippen LogP contribution in [0, 0.1) is 0 Å². The predicted octanol–water partition coefficient (Wildman–Crippen LogP) is -0.836. The van der Waals surface area contributed by atoms with Gasteiger partial charge >= 0.3 is 12.2 Å². The third-order valence-corrected chi connectivity index (χ3v) is 4.52. The number of imide groups is 1. The van der Waals surface area contributed by atoms with Gasteiger partial charge in [-0.05, 0) is 6.42 Å². The maximum absolute atomic E-state index is 11.3. The second-order valence-electron chi connectivity index (χ2n) is 5.86. The van der Waals surface area contributed by atoms with Gasteiger partial charge in [0.05, 0.1) is 12.9 Å². The molecule has 0 aromatic carbocycles. The third-order valence-electron chi connectivity index (χ3n) is 4.52. The highest BCUT2D eigenvalue weighted by Gasteiger charge is 2.55. The zero-order chi connectivity index (χ0) is 19.9. The van der Waals surface area contributed by atoms with Crippen molar-refractivity contribution in [1.82, 2.24) is 19.5 Å². The lowest BCUT2D eigenvalue weighted by Crippen LogP contribution is -2.45. The average Bonchev–Trinajstić information content (AvgIpc) is 3.16. The SMILES string of the molecule is CC[C@@]1(n2cnc3c(N(C(=O)O)C(=O)O)ncnc32)O[C@H](CO)[C@@H](O)[C@H]1O. The van der Waals surface area contributed by atoms with Crippen LogP contribution >= 0.6 is 0 Å². The summed E-state index contributed by atoms with van der Waals surface area (Å²) in [7, 11) is 0. The molecule has 0 bridgehead atoms. The monoisotopic (exact) mass is 383 g/mol. The van der Waals surface area contributed by atoms with E-state index < -0.39 is 48.6 Å². The Balaban J connectivity index is 2.19. The molecule has 2 aromatic rings. The van der Waals surface area contributed by atoms with Gasteiger partial charge in [-0.2, -0.15) is 4.90 Å². The van der Waals surface area contributed by atoms with E-state index in [1.807, 2.05) is 0 Å². The first kappa shape index (κ1) is 18.9. The van der Waals surface area contributed by atoms with Crippen molar-refractivity contribution in [3.63, 3.8) is 0 Å². The van der Waals surface area contributed by atoms with Crippen LogP contribution in [-0.4, -0.2) is 82.2 Å². The lowest BCUT2D eigenvalue weighted by molar-refractivity contribution is -0.147. The third kappa shape index (κ3) is 2.68. The molecular formula is C14H17N5O8. The maximum Gasteiger partial charge on any atom is 0.422 e. The number of aromatic nitrogens is 4. The van der Waals surface area contributed by atoms with E-state index in [9.17, 15) is 24.9 Å². The Morgan fingerprint density at radius 3 is 2.44 bits per heavy atom. The number of imidazole rings is 1. The molecule has 2 amide bonds. The molecule has 3 heterocycles. The summed E-state index contributed by atoms with van der Waals surface area (Å²) in [4.78, 5) is 34.2. The molecule has 0 saturated carbocycles. The summed E-state index contributed by atoms with van der Waals surface area (Å²) in [5.74, 6) is -0.489. The van der Waals surface area contributed by atoms with Gasteiger partial charge in [0.2, 0.25) is 0 Å². The maximum atomic E-state index is 11.3. The zero-order valence-corrected chi connectivity index (χ0v) is 14.0. The summed E-state index contributed by atoms with van der Waals surface area (Å²) in [6.07, 6.45) is -5.22. The topological polar surface area (TPSA) is 191 Å². The lowest BCUT2D eigenvalue weighted by atomic mass is 10.00. The lowest BCUT2D eigenvalue weighted by Gasteiger charge is -2.32. The van der Waals surface area contributed by atoms with Crippen molar-refractivity contribution >= 4 is 29.2 Å². The van der Waals surface area contributed by atoms with E-state index in [0.717, 1.165) is 6.33 Å². The van der Waals surface area contributed by atoms with Gasteiger partial charge in [0.15, 0.2) is 22.7 Å². The first-order chi connectivity index (χ1) is 12.8. The molecule has 27 heavy (non-hydrogen) atoms. The molecule has 0 unspecified atom stereocenters. The van der Waals surface area contributed by atoms with Gasteiger partial charge in [0.25, 0.3) is 0 Å². The fraction of sp³-hybridized carbons (Fsp3) is 0.500. The van der Waals surface area contributed by atoms with Crippen LogP contribution in [0.25, 0.3) is 11.2 Å². The summed E-state index contributed by atoms with van der Waals surface area (Å²) in [6.45, 7) is 1.11. The molecule has 5 N–H and O–H groups in total. The average molecular weight is 383 g/mol. The first-order valence-electron chi connectivity index (χ1n) is 7.87. The molecule has 0 aliphatic carbocycles. The number of ether oxygens (including phenoxy) is 1. The quantitative estimate of drug-likeness (QED) is 0.442. The second-order valence-corrected chi connectivity index (χ2v) is 5.86. The van der Waals surface area contributed by atoms with Gasteiger partial charge in [0.1, 0.15) is 24.6 Å². The Bertz CT molecular complexity index is 874. The van der Waals surface area contributed by atoms with Crippen molar-refractivity contribution in [3.8, 4) is 0 Å². The fourth-order valence-corrected chi connectivity index (χ4v) is 3.21. The van der Waals surface area contributed by atoms with Crippen LogP contribution in [0.1, 0.15) is 13.3 Å². The molecule has 1 aliphatic heterocycles. The van der Waals surface area contributed by atoms with E-state index in [1.165, 1.54) is 10.9 Å². The highest BCUT2D eigenvalue weighted by Crippen LogP contribution is 2.40. The van der Waals surface area contributed by atoms with E-state index in [0.29, 0.717) is 0 Å². The van der Waals surface area contributed by atoms with Crippen molar-refractivity contribution in [3.05, 3.63) is 12.7 Å². The van der Waals surface area contributed by atoms with Gasteiger partial charge in [-0.1, -0.05) is 6.92 Å². The number of carboxylic acid groups (broad SMARTS) is 2. The normalized spacial score (nSPS) is 27.8. The van der Waals surface area contributed by atoms with Gasteiger partial charge in [0, 0.05) is 0 Å². The number of rotatable bonds is 4. The second kappa shape index (κ2) is 6.70. The number of hydrogen-bond donors (Lipinski definition) is 5. The molecule has 146 valence electrons.